The molecule has 2 amide bonds. The molecular formula is C10H12ClN3O3. The number of hydrogen-bond donors (Lipinski definition) is 1. The number of benzene rings is 1. The molecule has 0 bridgehead atoms. The molecule has 1 aromatic carbocycles. The molecule has 1 N–H and O–H groups in total. The van der Waals surface area contributed by atoms with Crippen molar-refractivity contribution in [1.29, 1.82) is 0 Å². The van der Waals surface area contributed by atoms with Crippen molar-refractivity contribution in [2.24, 2.45) is 0 Å². The Bertz CT molecular complexity index is 450. The maximum Gasteiger partial charge on any atom is 0.321 e. The minimum atomic E-state index is -0.546. The van der Waals surface area contributed by atoms with Gasteiger partial charge in [0.2, 0.25) is 0 Å². The lowest BCUT2D eigenvalue weighted by molar-refractivity contribution is -0.384. The molecule has 0 saturated heterocycles. The van der Waals surface area contributed by atoms with Crippen molar-refractivity contribution >= 4 is 29.0 Å². The van der Waals surface area contributed by atoms with E-state index in [0.717, 1.165) is 0 Å². The van der Waals surface area contributed by atoms with Crippen LogP contribution in [0.15, 0.2) is 18.2 Å². The zero-order valence-corrected chi connectivity index (χ0v) is 10.2. The Morgan fingerprint density at radius 3 is 2.71 bits per heavy atom. The molecule has 1 aromatic rings. The van der Waals surface area contributed by atoms with Gasteiger partial charge in [0.05, 0.1) is 15.6 Å². The molecule has 0 heterocycles. The van der Waals surface area contributed by atoms with E-state index in [1.165, 1.54) is 23.1 Å². The van der Waals surface area contributed by atoms with E-state index in [1.54, 1.807) is 7.05 Å². The molecule has 0 aliphatic rings. The number of amides is 2. The summed E-state index contributed by atoms with van der Waals surface area (Å²) in [5, 5.41) is 13.2. The van der Waals surface area contributed by atoms with Gasteiger partial charge < -0.3 is 10.2 Å². The van der Waals surface area contributed by atoms with Crippen LogP contribution in [0.1, 0.15) is 6.92 Å². The number of rotatable bonds is 3. The largest absolute Gasteiger partial charge is 0.328 e. The van der Waals surface area contributed by atoms with Crippen LogP contribution in [0.3, 0.4) is 0 Å². The molecule has 0 radical (unpaired) electrons. The van der Waals surface area contributed by atoms with Gasteiger partial charge in [-0.15, -0.1) is 0 Å². The van der Waals surface area contributed by atoms with Crippen molar-refractivity contribution in [1.82, 2.24) is 4.90 Å². The number of anilines is 1. The first-order valence-electron chi connectivity index (χ1n) is 4.91. The number of nitrogens with one attached hydrogen (secondary N) is 1. The molecule has 0 spiro atoms. The summed E-state index contributed by atoms with van der Waals surface area (Å²) in [6, 6.07) is 3.57. The molecular weight excluding hydrogens is 246 g/mol. The second-order valence-electron chi connectivity index (χ2n) is 3.37. The molecule has 6 nitrogen and oxygen atoms in total. The van der Waals surface area contributed by atoms with E-state index in [2.05, 4.69) is 5.32 Å². The first kappa shape index (κ1) is 13.2. The van der Waals surface area contributed by atoms with Crippen LogP contribution >= 0.6 is 11.6 Å². The molecule has 17 heavy (non-hydrogen) atoms. The lowest BCUT2D eigenvalue weighted by Gasteiger charge is -2.15. The Labute approximate surface area is 103 Å². The highest BCUT2D eigenvalue weighted by atomic mass is 35.5. The lowest BCUT2D eigenvalue weighted by Crippen LogP contribution is -2.31. The molecule has 0 atom stereocenters. The normalized spacial score (nSPS) is 9.82. The SMILES string of the molecule is CCN(C)C(=O)Nc1ccc([N+](=O)[O-])cc1Cl. The van der Waals surface area contributed by atoms with Crippen molar-refractivity contribution in [3.63, 3.8) is 0 Å². The summed E-state index contributed by atoms with van der Waals surface area (Å²) in [7, 11) is 1.63. The smallest absolute Gasteiger partial charge is 0.321 e. The van der Waals surface area contributed by atoms with Crippen LogP contribution in [-0.2, 0) is 0 Å². The number of halogens is 1. The average molecular weight is 258 g/mol. The topological polar surface area (TPSA) is 75.5 Å². The summed E-state index contributed by atoms with van der Waals surface area (Å²) in [4.78, 5) is 22.9. The fraction of sp³-hybridized carbons (Fsp3) is 0.300. The highest BCUT2D eigenvalue weighted by Gasteiger charge is 2.12. The van der Waals surface area contributed by atoms with Gasteiger partial charge in [-0.05, 0) is 13.0 Å². The highest BCUT2D eigenvalue weighted by molar-refractivity contribution is 6.33. The molecule has 92 valence electrons. The Morgan fingerprint density at radius 1 is 1.59 bits per heavy atom. The first-order chi connectivity index (χ1) is 7.95. The summed E-state index contributed by atoms with van der Waals surface area (Å²) in [5.41, 5.74) is 0.236. The van der Waals surface area contributed by atoms with E-state index in [1.807, 2.05) is 6.92 Å². The van der Waals surface area contributed by atoms with E-state index in [4.69, 9.17) is 11.6 Å². The average Bonchev–Trinajstić information content (AvgIpc) is 2.30. The van der Waals surface area contributed by atoms with Crippen LogP contribution < -0.4 is 5.32 Å². The Morgan fingerprint density at radius 2 is 2.24 bits per heavy atom. The quantitative estimate of drug-likeness (QED) is 0.668. The van der Waals surface area contributed by atoms with Gasteiger partial charge in [-0.3, -0.25) is 10.1 Å². The fourth-order valence-corrected chi connectivity index (χ4v) is 1.30. The van der Waals surface area contributed by atoms with Gasteiger partial charge in [-0.2, -0.15) is 0 Å². The summed E-state index contributed by atoms with van der Waals surface area (Å²) in [5.74, 6) is 0. The number of nitro groups is 1. The van der Waals surface area contributed by atoms with E-state index >= 15 is 0 Å². The summed E-state index contributed by atoms with van der Waals surface area (Å²) in [6.45, 7) is 2.38. The van der Waals surface area contributed by atoms with Gasteiger partial charge in [-0.25, -0.2) is 4.79 Å². The summed E-state index contributed by atoms with van der Waals surface area (Å²) >= 11 is 5.83. The maximum atomic E-state index is 11.5. The lowest BCUT2D eigenvalue weighted by atomic mass is 10.3. The zero-order valence-electron chi connectivity index (χ0n) is 9.44. The molecule has 1 rings (SSSR count). The van der Waals surface area contributed by atoms with Gasteiger partial charge in [0.15, 0.2) is 0 Å². The van der Waals surface area contributed by atoms with Gasteiger partial charge in [0, 0.05) is 25.7 Å². The van der Waals surface area contributed by atoms with Crippen LogP contribution in [0.4, 0.5) is 16.2 Å². The van der Waals surface area contributed by atoms with Crippen LogP contribution in [0, 0.1) is 10.1 Å². The van der Waals surface area contributed by atoms with Crippen molar-refractivity contribution in [3.8, 4) is 0 Å². The minimum absolute atomic E-state index is 0.114. The second-order valence-corrected chi connectivity index (χ2v) is 3.77. The van der Waals surface area contributed by atoms with Crippen molar-refractivity contribution in [3.05, 3.63) is 33.3 Å². The number of non-ortho nitro benzene ring substituents is 1. The number of urea groups is 1. The van der Waals surface area contributed by atoms with Gasteiger partial charge in [-0.1, -0.05) is 11.6 Å². The second kappa shape index (κ2) is 5.49. The van der Waals surface area contributed by atoms with E-state index in [0.29, 0.717) is 12.2 Å². The zero-order chi connectivity index (χ0) is 13.0. The highest BCUT2D eigenvalue weighted by Crippen LogP contribution is 2.26. The first-order valence-corrected chi connectivity index (χ1v) is 5.29. The summed E-state index contributed by atoms with van der Waals surface area (Å²) < 4.78 is 0. The van der Waals surface area contributed by atoms with Crippen molar-refractivity contribution < 1.29 is 9.72 Å². The third-order valence-electron chi connectivity index (χ3n) is 2.23. The third-order valence-corrected chi connectivity index (χ3v) is 2.54. The number of nitro benzene ring substituents is 1. The Balaban J connectivity index is 2.86. The van der Waals surface area contributed by atoms with E-state index in [-0.39, 0.29) is 16.7 Å². The van der Waals surface area contributed by atoms with Crippen molar-refractivity contribution in [2.75, 3.05) is 18.9 Å². The molecule has 0 unspecified atom stereocenters. The Kier molecular flexibility index (Phi) is 4.28. The van der Waals surface area contributed by atoms with Crippen LogP contribution in [0.2, 0.25) is 5.02 Å². The van der Waals surface area contributed by atoms with Crippen molar-refractivity contribution in [2.45, 2.75) is 6.92 Å². The molecule has 0 saturated carbocycles. The van der Waals surface area contributed by atoms with Crippen LogP contribution in [-0.4, -0.2) is 29.4 Å². The number of hydrogen-bond acceptors (Lipinski definition) is 3. The molecule has 7 heteroatoms. The number of carbonyl (C=O) groups is 1. The number of carbonyl (C=O) groups excluding carboxylic acids is 1. The maximum absolute atomic E-state index is 11.5. The number of nitrogens with zero attached hydrogens (tertiary/aromatic N) is 2. The minimum Gasteiger partial charge on any atom is -0.328 e. The third kappa shape index (κ3) is 3.32. The molecule has 0 aliphatic heterocycles. The van der Waals surface area contributed by atoms with Crippen LogP contribution in [0.25, 0.3) is 0 Å². The monoisotopic (exact) mass is 257 g/mol. The van der Waals surface area contributed by atoms with Crippen LogP contribution in [0.5, 0.6) is 0 Å². The van der Waals surface area contributed by atoms with Gasteiger partial charge in [0.25, 0.3) is 5.69 Å². The van der Waals surface area contributed by atoms with Gasteiger partial charge in [0.1, 0.15) is 0 Å². The van der Waals surface area contributed by atoms with E-state index < -0.39 is 4.92 Å². The predicted molar refractivity (Wildman–Crippen MR) is 65.4 cm³/mol. The van der Waals surface area contributed by atoms with E-state index in [9.17, 15) is 14.9 Å². The standard InChI is InChI=1S/C10H12ClN3O3/c1-3-13(2)10(15)12-9-5-4-7(14(16)17)6-8(9)11/h4-6H,3H2,1-2H3,(H,12,15). The summed E-state index contributed by atoms with van der Waals surface area (Å²) in [6.07, 6.45) is 0. The molecule has 0 aliphatic carbocycles. The van der Waals surface area contributed by atoms with Gasteiger partial charge >= 0.3 is 6.03 Å². The predicted octanol–water partition coefficient (Wildman–Crippen LogP) is 2.73. The molecule has 0 aromatic heterocycles. The molecule has 0 fully saturated rings. The fourth-order valence-electron chi connectivity index (χ4n) is 1.07. The Hall–Kier alpha value is -1.82.